The van der Waals surface area contributed by atoms with Crippen molar-refractivity contribution in [3.05, 3.63) is 46.8 Å². The number of morpholine rings is 1. The fourth-order valence-corrected chi connectivity index (χ4v) is 2.56. The van der Waals surface area contributed by atoms with Crippen LogP contribution in [0.25, 0.3) is 0 Å². The number of carbonyl (C=O) groups excluding carboxylic acids is 1. The topological polar surface area (TPSA) is 67.4 Å². The maximum Gasteiger partial charge on any atom is 0.272 e. The Bertz CT molecular complexity index is 674. The van der Waals surface area contributed by atoms with Crippen molar-refractivity contribution in [1.29, 1.82) is 0 Å². The molecule has 1 saturated heterocycles. The van der Waals surface area contributed by atoms with Crippen LogP contribution >= 0.6 is 15.9 Å². The summed E-state index contributed by atoms with van der Waals surface area (Å²) in [6.45, 7) is 2.32. The minimum atomic E-state index is -0.0964. The van der Waals surface area contributed by atoms with Gasteiger partial charge in [0, 0.05) is 23.6 Å². The molecule has 1 aromatic heterocycles. The number of amides is 1. The van der Waals surface area contributed by atoms with Crippen LogP contribution in [0.1, 0.15) is 10.5 Å². The van der Waals surface area contributed by atoms with Crippen LogP contribution in [0.4, 0.5) is 11.5 Å². The summed E-state index contributed by atoms with van der Waals surface area (Å²) in [6.07, 6.45) is 1.40. The van der Waals surface area contributed by atoms with Crippen LogP contribution in [0, 0.1) is 0 Å². The molecule has 0 spiro atoms. The highest BCUT2D eigenvalue weighted by Crippen LogP contribution is 2.24. The Morgan fingerprint density at radius 2 is 2.00 bits per heavy atom. The average Bonchev–Trinajstić information content (AvgIpc) is 2.57. The molecule has 22 heavy (non-hydrogen) atoms. The largest absolute Gasteiger partial charge is 0.378 e. The molecule has 114 valence electrons. The highest BCUT2D eigenvalue weighted by Gasteiger charge is 2.20. The van der Waals surface area contributed by atoms with Crippen LogP contribution in [0.2, 0.25) is 0 Å². The summed E-state index contributed by atoms with van der Waals surface area (Å²) in [5.74, 6) is 0.486. The number of para-hydroxylation sites is 1. The van der Waals surface area contributed by atoms with Crippen molar-refractivity contribution < 1.29 is 9.53 Å². The van der Waals surface area contributed by atoms with E-state index in [-0.39, 0.29) is 5.91 Å². The first-order valence-electron chi connectivity index (χ1n) is 6.94. The van der Waals surface area contributed by atoms with Gasteiger partial charge in [-0.15, -0.1) is 0 Å². The molecular formula is C15H15BrN4O2. The Labute approximate surface area is 136 Å². The fraction of sp³-hybridized carbons (Fsp3) is 0.267. The van der Waals surface area contributed by atoms with Gasteiger partial charge in [0.1, 0.15) is 17.8 Å². The lowest BCUT2D eigenvalue weighted by Gasteiger charge is -2.26. The first-order chi connectivity index (χ1) is 10.7. The second kappa shape index (κ2) is 6.85. The molecule has 2 aromatic rings. The van der Waals surface area contributed by atoms with E-state index < -0.39 is 0 Å². The predicted octanol–water partition coefficient (Wildman–Crippen LogP) is 2.46. The number of carbonyl (C=O) groups is 1. The van der Waals surface area contributed by atoms with Crippen molar-refractivity contribution >= 4 is 33.3 Å². The van der Waals surface area contributed by atoms with Crippen LogP contribution in [0.5, 0.6) is 0 Å². The number of nitrogens with one attached hydrogen (secondary N) is 1. The van der Waals surface area contributed by atoms with Gasteiger partial charge in [0.2, 0.25) is 0 Å². The molecule has 1 fully saturated rings. The molecule has 1 amide bonds. The molecule has 7 heteroatoms. The third-order valence-corrected chi connectivity index (χ3v) is 4.01. The molecule has 0 bridgehead atoms. The zero-order valence-corrected chi connectivity index (χ0v) is 13.4. The van der Waals surface area contributed by atoms with E-state index in [1.54, 1.807) is 11.0 Å². The Kier molecular flexibility index (Phi) is 4.65. The summed E-state index contributed by atoms with van der Waals surface area (Å²) in [6, 6.07) is 9.38. The van der Waals surface area contributed by atoms with Crippen molar-refractivity contribution in [3.8, 4) is 0 Å². The smallest absolute Gasteiger partial charge is 0.272 e. The van der Waals surface area contributed by atoms with E-state index in [4.69, 9.17) is 4.74 Å². The second-order valence-corrected chi connectivity index (χ2v) is 5.65. The standard InChI is InChI=1S/C15H15BrN4O2/c16-11-3-1-2-4-12(11)19-14-9-13(17-10-18-14)15(21)20-5-7-22-8-6-20/h1-4,9-10H,5-8H2,(H,17,18,19). The highest BCUT2D eigenvalue weighted by atomic mass is 79.9. The molecule has 1 aliphatic heterocycles. The number of ether oxygens (including phenoxy) is 1. The van der Waals surface area contributed by atoms with Gasteiger partial charge in [0.25, 0.3) is 5.91 Å². The predicted molar refractivity (Wildman–Crippen MR) is 86.2 cm³/mol. The van der Waals surface area contributed by atoms with Crippen LogP contribution < -0.4 is 5.32 Å². The van der Waals surface area contributed by atoms with Crippen LogP contribution in [-0.4, -0.2) is 47.1 Å². The first kappa shape index (κ1) is 14.9. The lowest BCUT2D eigenvalue weighted by molar-refractivity contribution is 0.0299. The summed E-state index contributed by atoms with van der Waals surface area (Å²) in [7, 11) is 0. The molecule has 0 radical (unpaired) electrons. The van der Waals surface area contributed by atoms with Crippen molar-refractivity contribution in [1.82, 2.24) is 14.9 Å². The lowest BCUT2D eigenvalue weighted by Crippen LogP contribution is -2.41. The summed E-state index contributed by atoms with van der Waals surface area (Å²) in [5, 5.41) is 3.18. The average molecular weight is 363 g/mol. The fourth-order valence-electron chi connectivity index (χ4n) is 2.17. The quantitative estimate of drug-likeness (QED) is 0.908. The first-order valence-corrected chi connectivity index (χ1v) is 7.74. The van der Waals surface area contributed by atoms with Crippen molar-refractivity contribution in [2.75, 3.05) is 31.6 Å². The molecule has 0 unspecified atom stereocenters. The Morgan fingerprint density at radius 1 is 1.23 bits per heavy atom. The summed E-state index contributed by atoms with van der Waals surface area (Å²) >= 11 is 3.47. The van der Waals surface area contributed by atoms with Gasteiger partial charge in [-0.1, -0.05) is 12.1 Å². The Hall–Kier alpha value is -1.99. The van der Waals surface area contributed by atoms with Gasteiger partial charge in [-0.05, 0) is 28.1 Å². The minimum Gasteiger partial charge on any atom is -0.378 e. The Balaban J connectivity index is 1.77. The number of hydrogen-bond acceptors (Lipinski definition) is 5. The summed E-state index contributed by atoms with van der Waals surface area (Å²) in [4.78, 5) is 22.4. The molecule has 0 atom stereocenters. The van der Waals surface area contributed by atoms with Crippen LogP contribution in [-0.2, 0) is 4.74 Å². The lowest BCUT2D eigenvalue weighted by atomic mass is 10.3. The van der Waals surface area contributed by atoms with E-state index in [9.17, 15) is 4.79 Å². The third-order valence-electron chi connectivity index (χ3n) is 3.32. The maximum atomic E-state index is 12.4. The van der Waals surface area contributed by atoms with Crippen molar-refractivity contribution in [2.45, 2.75) is 0 Å². The zero-order valence-electron chi connectivity index (χ0n) is 11.8. The second-order valence-electron chi connectivity index (χ2n) is 4.80. The number of halogens is 1. The number of nitrogens with zero attached hydrogens (tertiary/aromatic N) is 3. The van der Waals surface area contributed by atoms with Crippen LogP contribution in [0.3, 0.4) is 0 Å². The summed E-state index contributed by atoms with van der Waals surface area (Å²) in [5.41, 5.74) is 1.26. The van der Waals surface area contributed by atoms with Crippen LogP contribution in [0.15, 0.2) is 41.1 Å². The molecule has 2 heterocycles. The summed E-state index contributed by atoms with van der Waals surface area (Å²) < 4.78 is 6.18. The molecule has 1 N–H and O–H groups in total. The number of rotatable bonds is 3. The van der Waals surface area contributed by atoms with Gasteiger partial charge in [-0.25, -0.2) is 9.97 Å². The third kappa shape index (κ3) is 3.42. The van der Waals surface area contributed by atoms with Gasteiger partial charge < -0.3 is 15.0 Å². The van der Waals surface area contributed by atoms with Gasteiger partial charge in [0.05, 0.1) is 18.9 Å². The van der Waals surface area contributed by atoms with Gasteiger partial charge in [-0.2, -0.15) is 0 Å². The van der Waals surface area contributed by atoms with E-state index >= 15 is 0 Å². The van der Waals surface area contributed by atoms with E-state index in [0.29, 0.717) is 37.8 Å². The molecule has 1 aromatic carbocycles. The minimum absolute atomic E-state index is 0.0964. The van der Waals surface area contributed by atoms with Crippen molar-refractivity contribution in [3.63, 3.8) is 0 Å². The van der Waals surface area contributed by atoms with Gasteiger partial charge in [-0.3, -0.25) is 4.79 Å². The molecular weight excluding hydrogens is 348 g/mol. The molecule has 6 nitrogen and oxygen atoms in total. The van der Waals surface area contributed by atoms with E-state index in [2.05, 4.69) is 31.2 Å². The molecule has 3 rings (SSSR count). The number of aromatic nitrogens is 2. The zero-order chi connectivity index (χ0) is 15.4. The monoisotopic (exact) mass is 362 g/mol. The van der Waals surface area contributed by atoms with E-state index in [0.717, 1.165) is 10.2 Å². The SMILES string of the molecule is O=C(c1cc(Nc2ccccc2Br)ncn1)N1CCOCC1. The number of benzene rings is 1. The molecule has 0 aliphatic carbocycles. The van der Waals surface area contributed by atoms with E-state index in [1.165, 1.54) is 6.33 Å². The van der Waals surface area contributed by atoms with Gasteiger partial charge in [0.15, 0.2) is 0 Å². The van der Waals surface area contributed by atoms with Gasteiger partial charge >= 0.3 is 0 Å². The molecule has 1 aliphatic rings. The highest BCUT2D eigenvalue weighted by molar-refractivity contribution is 9.10. The number of hydrogen-bond donors (Lipinski definition) is 1. The number of anilines is 2. The maximum absolute atomic E-state index is 12.4. The van der Waals surface area contributed by atoms with E-state index in [1.807, 2.05) is 24.3 Å². The molecule has 0 saturated carbocycles. The Morgan fingerprint density at radius 3 is 2.77 bits per heavy atom. The van der Waals surface area contributed by atoms with Crippen molar-refractivity contribution in [2.24, 2.45) is 0 Å². The normalized spacial score (nSPS) is 14.7.